The molecule has 1 saturated carbocycles. The van der Waals surface area contributed by atoms with Crippen molar-refractivity contribution >= 4 is 0 Å². The lowest BCUT2D eigenvalue weighted by Gasteiger charge is -2.35. The number of hydrogen-bond donors (Lipinski definition) is 2. The van der Waals surface area contributed by atoms with Gasteiger partial charge in [0.1, 0.15) is 17.7 Å². The van der Waals surface area contributed by atoms with E-state index in [1.165, 1.54) is 37.1 Å². The number of ether oxygens (including phenoxy) is 1. The number of rotatable bonds is 8. The van der Waals surface area contributed by atoms with Crippen LogP contribution in [0.4, 0.5) is 8.78 Å². The van der Waals surface area contributed by atoms with Crippen molar-refractivity contribution in [2.75, 3.05) is 13.2 Å². The molecule has 1 fully saturated rings. The Balaban J connectivity index is 1.60. The van der Waals surface area contributed by atoms with E-state index in [1.54, 1.807) is 24.3 Å². The van der Waals surface area contributed by atoms with Gasteiger partial charge < -0.3 is 15.2 Å². The molecule has 29 heavy (non-hydrogen) atoms. The van der Waals surface area contributed by atoms with Gasteiger partial charge in [0.05, 0.1) is 12.7 Å². The highest BCUT2D eigenvalue weighted by Crippen LogP contribution is 2.30. The molecule has 2 N–H and O–H groups in total. The molecule has 1 aliphatic rings. The first-order valence-electron chi connectivity index (χ1n) is 10.5. The van der Waals surface area contributed by atoms with Crippen molar-refractivity contribution in [2.24, 2.45) is 11.8 Å². The second-order valence-electron chi connectivity index (χ2n) is 8.25. The number of hydrogen-bond acceptors (Lipinski definition) is 3. The van der Waals surface area contributed by atoms with E-state index in [-0.39, 0.29) is 18.2 Å². The third-order valence-electron chi connectivity index (χ3n) is 6.12. The van der Waals surface area contributed by atoms with Gasteiger partial charge in [-0.1, -0.05) is 51.0 Å². The van der Waals surface area contributed by atoms with Gasteiger partial charge >= 0.3 is 0 Å². The lowest BCUT2D eigenvalue weighted by molar-refractivity contribution is 0.00383. The van der Waals surface area contributed by atoms with Crippen LogP contribution in [0.5, 0.6) is 0 Å². The van der Waals surface area contributed by atoms with Gasteiger partial charge in [0.15, 0.2) is 0 Å². The molecule has 3 rings (SSSR count). The van der Waals surface area contributed by atoms with E-state index in [9.17, 15) is 13.9 Å². The van der Waals surface area contributed by atoms with Crippen LogP contribution in [-0.2, 0) is 4.74 Å². The Labute approximate surface area is 172 Å². The second kappa shape index (κ2) is 10.3. The molecule has 0 aliphatic heterocycles. The molecular formula is C24H31F2NO2. The molecule has 2 aromatic carbocycles. The zero-order valence-corrected chi connectivity index (χ0v) is 17.2. The van der Waals surface area contributed by atoms with Crippen LogP contribution < -0.4 is 5.32 Å². The van der Waals surface area contributed by atoms with Gasteiger partial charge in [0, 0.05) is 12.6 Å². The van der Waals surface area contributed by atoms with Gasteiger partial charge in [-0.2, -0.15) is 0 Å². The Bertz CT molecular complexity index is 705. The quantitative estimate of drug-likeness (QED) is 0.662. The highest BCUT2D eigenvalue weighted by atomic mass is 19.1. The summed E-state index contributed by atoms with van der Waals surface area (Å²) in [5.41, 5.74) is 1.51. The summed E-state index contributed by atoms with van der Waals surface area (Å²) in [7, 11) is 0. The molecule has 0 unspecified atom stereocenters. The van der Waals surface area contributed by atoms with Crippen LogP contribution in [-0.4, -0.2) is 30.4 Å². The first kappa shape index (κ1) is 21.9. The van der Waals surface area contributed by atoms with E-state index in [1.807, 2.05) is 0 Å². The summed E-state index contributed by atoms with van der Waals surface area (Å²) >= 11 is 0. The van der Waals surface area contributed by atoms with E-state index in [0.29, 0.717) is 24.4 Å². The number of benzene rings is 2. The predicted octanol–water partition coefficient (Wildman–Crippen LogP) is 4.85. The Morgan fingerprint density at radius 3 is 2.07 bits per heavy atom. The number of halogens is 2. The van der Waals surface area contributed by atoms with Gasteiger partial charge in [-0.05, 0) is 53.6 Å². The highest BCUT2D eigenvalue weighted by Gasteiger charge is 2.27. The maximum Gasteiger partial charge on any atom is 0.123 e. The third kappa shape index (κ3) is 6.08. The zero-order valence-electron chi connectivity index (χ0n) is 17.2. The average Bonchev–Trinajstić information content (AvgIpc) is 2.71. The fourth-order valence-electron chi connectivity index (χ4n) is 4.08. The zero-order chi connectivity index (χ0) is 20.8. The predicted molar refractivity (Wildman–Crippen MR) is 111 cm³/mol. The van der Waals surface area contributed by atoms with Crippen molar-refractivity contribution in [1.29, 1.82) is 0 Å². The molecule has 1 aliphatic carbocycles. The Morgan fingerprint density at radius 2 is 1.52 bits per heavy atom. The van der Waals surface area contributed by atoms with Crippen LogP contribution in [0.1, 0.15) is 50.3 Å². The summed E-state index contributed by atoms with van der Waals surface area (Å²) in [6.07, 6.45) is 2.45. The first-order chi connectivity index (χ1) is 13.9. The Kier molecular flexibility index (Phi) is 7.76. The Hall–Kier alpha value is -1.82. The molecule has 0 amide bonds. The summed E-state index contributed by atoms with van der Waals surface area (Å²) in [5.74, 6) is 0.623. The van der Waals surface area contributed by atoms with E-state index in [2.05, 4.69) is 19.2 Å². The molecule has 0 heterocycles. The molecule has 0 bridgehead atoms. The minimum Gasteiger partial charge on any atom is -0.389 e. The molecule has 0 spiro atoms. The normalized spacial score (nSPS) is 23.3. The number of aliphatic hydroxyl groups excluding tert-OH is 1. The smallest absolute Gasteiger partial charge is 0.123 e. The molecule has 0 radical (unpaired) electrons. The first-order valence-corrected chi connectivity index (χ1v) is 10.5. The van der Waals surface area contributed by atoms with Crippen LogP contribution in [0, 0.1) is 23.5 Å². The lowest BCUT2D eigenvalue weighted by Crippen LogP contribution is -2.44. The van der Waals surface area contributed by atoms with E-state index < -0.39 is 12.2 Å². The second-order valence-corrected chi connectivity index (χ2v) is 8.25. The summed E-state index contributed by atoms with van der Waals surface area (Å²) < 4.78 is 32.6. The molecule has 2 aromatic rings. The molecule has 3 nitrogen and oxygen atoms in total. The summed E-state index contributed by atoms with van der Waals surface area (Å²) in [4.78, 5) is 0. The van der Waals surface area contributed by atoms with Crippen molar-refractivity contribution in [1.82, 2.24) is 5.32 Å². The molecule has 0 aromatic heterocycles. The number of aliphatic hydroxyl groups is 1. The largest absolute Gasteiger partial charge is 0.389 e. The fraction of sp³-hybridized carbons (Fsp3) is 0.500. The molecule has 4 atom stereocenters. The monoisotopic (exact) mass is 403 g/mol. The van der Waals surface area contributed by atoms with Gasteiger partial charge in [-0.15, -0.1) is 0 Å². The summed E-state index contributed by atoms with van der Waals surface area (Å²) in [6.45, 7) is 5.14. The molecule has 0 saturated heterocycles. The SMILES string of the molecule is C[C@@H]1[C@H](C)CCC[C@H]1NC[C@H](O)COC(c1ccc(F)cc1)c1ccc(F)cc1. The van der Waals surface area contributed by atoms with Gasteiger partial charge in [-0.25, -0.2) is 8.78 Å². The molecule has 158 valence electrons. The fourth-order valence-corrected chi connectivity index (χ4v) is 4.08. The van der Waals surface area contributed by atoms with Crippen LogP contribution in [0.15, 0.2) is 48.5 Å². The number of nitrogens with one attached hydrogen (secondary N) is 1. The molecular weight excluding hydrogens is 372 g/mol. The third-order valence-corrected chi connectivity index (χ3v) is 6.12. The highest BCUT2D eigenvalue weighted by molar-refractivity contribution is 5.30. The maximum atomic E-state index is 13.3. The van der Waals surface area contributed by atoms with Gasteiger partial charge in [0.25, 0.3) is 0 Å². The van der Waals surface area contributed by atoms with Crippen molar-refractivity contribution in [2.45, 2.75) is 51.4 Å². The van der Waals surface area contributed by atoms with Crippen LogP contribution in [0.25, 0.3) is 0 Å². The van der Waals surface area contributed by atoms with Gasteiger partial charge in [-0.3, -0.25) is 0 Å². The molecule has 5 heteroatoms. The van der Waals surface area contributed by atoms with Crippen LogP contribution >= 0.6 is 0 Å². The van der Waals surface area contributed by atoms with E-state index in [4.69, 9.17) is 4.74 Å². The van der Waals surface area contributed by atoms with Crippen molar-refractivity contribution in [3.8, 4) is 0 Å². The van der Waals surface area contributed by atoms with E-state index >= 15 is 0 Å². The van der Waals surface area contributed by atoms with Crippen LogP contribution in [0.2, 0.25) is 0 Å². The van der Waals surface area contributed by atoms with Crippen molar-refractivity contribution in [3.63, 3.8) is 0 Å². The standard InChI is InChI=1S/C24H31F2NO2/c1-16-4-3-5-23(17(16)2)27-14-22(28)15-29-24(18-6-10-20(25)11-7-18)19-8-12-21(26)13-9-19/h6-13,16-17,22-24,27-28H,3-5,14-15H2,1-2H3/t16-,17-,22+,23-/m1/s1. The minimum absolute atomic E-state index is 0.128. The van der Waals surface area contributed by atoms with E-state index in [0.717, 1.165) is 17.5 Å². The minimum atomic E-state index is -0.664. The topological polar surface area (TPSA) is 41.5 Å². The van der Waals surface area contributed by atoms with Crippen molar-refractivity contribution < 1.29 is 18.6 Å². The Morgan fingerprint density at radius 1 is 0.966 bits per heavy atom. The summed E-state index contributed by atoms with van der Waals surface area (Å²) in [6, 6.07) is 12.5. The van der Waals surface area contributed by atoms with Gasteiger partial charge in [0.2, 0.25) is 0 Å². The van der Waals surface area contributed by atoms with Crippen LogP contribution in [0.3, 0.4) is 0 Å². The maximum absolute atomic E-state index is 13.3. The lowest BCUT2D eigenvalue weighted by atomic mass is 9.78. The van der Waals surface area contributed by atoms with Crippen molar-refractivity contribution in [3.05, 3.63) is 71.3 Å². The summed E-state index contributed by atoms with van der Waals surface area (Å²) in [5, 5.41) is 13.9. The average molecular weight is 404 g/mol.